The summed E-state index contributed by atoms with van der Waals surface area (Å²) in [6, 6.07) is 14.8. The minimum atomic E-state index is -0.578. The SMILES string of the molecule is COCc1c(C(=O)OCc2nc3ccccc3o2)oc2ccccc12. The number of aromatic nitrogens is 1. The van der Waals surface area contributed by atoms with Crippen molar-refractivity contribution in [3.8, 4) is 0 Å². The maximum atomic E-state index is 12.5. The molecule has 0 unspecified atom stereocenters. The Hall–Kier alpha value is -3.12. The zero-order valence-corrected chi connectivity index (χ0v) is 13.5. The first-order valence-electron chi connectivity index (χ1n) is 7.77. The monoisotopic (exact) mass is 337 g/mol. The van der Waals surface area contributed by atoms with Crippen LogP contribution in [0, 0.1) is 0 Å². The van der Waals surface area contributed by atoms with Crippen molar-refractivity contribution in [3.05, 3.63) is 65.7 Å². The van der Waals surface area contributed by atoms with Crippen LogP contribution in [0.25, 0.3) is 22.1 Å². The fraction of sp³-hybridized carbons (Fsp3) is 0.158. The van der Waals surface area contributed by atoms with Crippen LogP contribution in [0.1, 0.15) is 22.0 Å². The van der Waals surface area contributed by atoms with Gasteiger partial charge in [0.25, 0.3) is 0 Å². The third-order valence-corrected chi connectivity index (χ3v) is 3.84. The zero-order chi connectivity index (χ0) is 17.2. The van der Waals surface area contributed by atoms with Crippen LogP contribution in [0.4, 0.5) is 0 Å². The number of furan rings is 1. The molecule has 0 N–H and O–H groups in total. The number of methoxy groups -OCH3 is 1. The van der Waals surface area contributed by atoms with E-state index in [1.807, 2.05) is 42.5 Å². The van der Waals surface area contributed by atoms with E-state index >= 15 is 0 Å². The summed E-state index contributed by atoms with van der Waals surface area (Å²) in [6.45, 7) is 0.182. The van der Waals surface area contributed by atoms with Crippen LogP contribution in [0.5, 0.6) is 0 Å². The lowest BCUT2D eigenvalue weighted by Crippen LogP contribution is -2.07. The molecule has 0 saturated carbocycles. The number of para-hydroxylation sites is 3. The Morgan fingerprint density at radius 1 is 1.00 bits per heavy atom. The lowest BCUT2D eigenvalue weighted by molar-refractivity contribution is 0.0400. The number of carbonyl (C=O) groups is 1. The van der Waals surface area contributed by atoms with Crippen LogP contribution >= 0.6 is 0 Å². The van der Waals surface area contributed by atoms with Gasteiger partial charge in [-0.1, -0.05) is 30.3 Å². The molecule has 0 fully saturated rings. The average Bonchev–Trinajstić information content (AvgIpc) is 3.21. The van der Waals surface area contributed by atoms with Crippen molar-refractivity contribution < 1.29 is 23.1 Å². The Labute approximate surface area is 143 Å². The third-order valence-electron chi connectivity index (χ3n) is 3.84. The normalized spacial score (nSPS) is 11.2. The molecule has 0 spiro atoms. The highest BCUT2D eigenvalue weighted by Crippen LogP contribution is 2.27. The van der Waals surface area contributed by atoms with Crippen LogP contribution in [-0.2, 0) is 22.7 Å². The Kier molecular flexibility index (Phi) is 3.95. The number of ether oxygens (including phenoxy) is 2. The number of hydrogen-bond acceptors (Lipinski definition) is 6. The molecule has 0 aliphatic carbocycles. The number of benzene rings is 2. The summed E-state index contributed by atoms with van der Waals surface area (Å²) in [6.07, 6.45) is 0. The summed E-state index contributed by atoms with van der Waals surface area (Å²) >= 11 is 0. The van der Waals surface area contributed by atoms with Crippen molar-refractivity contribution in [3.63, 3.8) is 0 Å². The number of esters is 1. The summed E-state index contributed by atoms with van der Waals surface area (Å²) < 4.78 is 21.7. The van der Waals surface area contributed by atoms with Crippen molar-refractivity contribution in [1.29, 1.82) is 0 Å². The van der Waals surface area contributed by atoms with E-state index in [0.717, 1.165) is 10.9 Å². The molecule has 2 heterocycles. The second kappa shape index (κ2) is 6.41. The van der Waals surface area contributed by atoms with E-state index in [1.54, 1.807) is 13.2 Å². The van der Waals surface area contributed by atoms with E-state index in [1.165, 1.54) is 0 Å². The highest BCUT2D eigenvalue weighted by atomic mass is 16.6. The summed E-state index contributed by atoms with van der Waals surface area (Å²) in [5, 5.41) is 0.832. The van der Waals surface area contributed by atoms with Crippen LogP contribution in [0.3, 0.4) is 0 Å². The number of carbonyl (C=O) groups excluding carboxylic acids is 1. The molecule has 2 aromatic carbocycles. The van der Waals surface area contributed by atoms with E-state index in [0.29, 0.717) is 22.6 Å². The van der Waals surface area contributed by atoms with Gasteiger partial charge < -0.3 is 18.3 Å². The third kappa shape index (κ3) is 2.88. The Bertz CT molecular complexity index is 1010. The summed E-state index contributed by atoms with van der Waals surface area (Å²) in [5.74, 6) is -0.108. The van der Waals surface area contributed by atoms with E-state index in [2.05, 4.69) is 4.98 Å². The van der Waals surface area contributed by atoms with Crippen molar-refractivity contribution >= 4 is 28.0 Å². The quantitative estimate of drug-likeness (QED) is 0.511. The number of rotatable bonds is 5. The van der Waals surface area contributed by atoms with Gasteiger partial charge in [-0.15, -0.1) is 0 Å². The van der Waals surface area contributed by atoms with Gasteiger partial charge >= 0.3 is 5.97 Å². The maximum absolute atomic E-state index is 12.5. The molecule has 0 atom stereocenters. The molecule has 25 heavy (non-hydrogen) atoms. The van der Waals surface area contributed by atoms with Crippen LogP contribution in [-0.4, -0.2) is 18.1 Å². The topological polar surface area (TPSA) is 74.7 Å². The maximum Gasteiger partial charge on any atom is 0.375 e. The molecular weight excluding hydrogens is 322 g/mol. The largest absolute Gasteiger partial charge is 0.450 e. The molecular formula is C19H15NO5. The fourth-order valence-corrected chi connectivity index (χ4v) is 2.73. The van der Waals surface area contributed by atoms with Gasteiger partial charge in [0.1, 0.15) is 11.1 Å². The number of oxazole rings is 1. The number of fused-ring (bicyclic) bond motifs is 2. The molecule has 0 bridgehead atoms. The van der Waals surface area contributed by atoms with Crippen molar-refractivity contribution in [1.82, 2.24) is 4.98 Å². The van der Waals surface area contributed by atoms with Gasteiger partial charge in [0.05, 0.1) is 6.61 Å². The first-order valence-corrected chi connectivity index (χ1v) is 7.77. The highest BCUT2D eigenvalue weighted by molar-refractivity contribution is 5.96. The molecule has 4 aromatic rings. The van der Waals surface area contributed by atoms with Gasteiger partial charge in [-0.3, -0.25) is 0 Å². The van der Waals surface area contributed by atoms with Crippen LogP contribution in [0.2, 0.25) is 0 Å². The molecule has 0 saturated heterocycles. The molecule has 6 nitrogen and oxygen atoms in total. The standard InChI is InChI=1S/C19H15NO5/c1-22-10-13-12-6-2-4-8-15(12)25-18(13)19(21)23-11-17-20-14-7-3-5-9-16(14)24-17/h2-9H,10-11H2,1H3. The molecule has 4 rings (SSSR count). The fourth-order valence-electron chi connectivity index (χ4n) is 2.73. The van der Waals surface area contributed by atoms with Crippen LogP contribution in [0.15, 0.2) is 57.4 Å². The van der Waals surface area contributed by atoms with Gasteiger partial charge in [-0.25, -0.2) is 9.78 Å². The van der Waals surface area contributed by atoms with Gasteiger partial charge in [0.2, 0.25) is 11.7 Å². The van der Waals surface area contributed by atoms with E-state index in [-0.39, 0.29) is 19.0 Å². The summed E-state index contributed by atoms with van der Waals surface area (Å²) in [4.78, 5) is 16.7. The second-order valence-corrected chi connectivity index (χ2v) is 5.49. The minimum Gasteiger partial charge on any atom is -0.450 e. The summed E-state index contributed by atoms with van der Waals surface area (Å²) in [7, 11) is 1.56. The predicted octanol–water partition coefficient (Wildman–Crippen LogP) is 4.08. The van der Waals surface area contributed by atoms with E-state index in [4.69, 9.17) is 18.3 Å². The zero-order valence-electron chi connectivity index (χ0n) is 13.5. The Morgan fingerprint density at radius 3 is 2.56 bits per heavy atom. The van der Waals surface area contributed by atoms with Gasteiger partial charge in [0, 0.05) is 18.1 Å². The molecule has 2 aromatic heterocycles. The number of nitrogens with zero attached hydrogens (tertiary/aromatic N) is 1. The van der Waals surface area contributed by atoms with Gasteiger partial charge in [-0.05, 0) is 18.2 Å². The first kappa shape index (κ1) is 15.4. The molecule has 0 amide bonds. The minimum absolute atomic E-state index is 0.0724. The van der Waals surface area contributed by atoms with Crippen molar-refractivity contribution in [2.45, 2.75) is 13.2 Å². The lowest BCUT2D eigenvalue weighted by atomic mass is 10.1. The molecule has 6 heteroatoms. The summed E-state index contributed by atoms with van der Waals surface area (Å²) in [5.41, 5.74) is 2.65. The van der Waals surface area contributed by atoms with Gasteiger partial charge in [0.15, 0.2) is 12.2 Å². The molecule has 0 aliphatic rings. The molecule has 0 aliphatic heterocycles. The van der Waals surface area contributed by atoms with Crippen LogP contribution < -0.4 is 0 Å². The first-order chi connectivity index (χ1) is 12.3. The highest BCUT2D eigenvalue weighted by Gasteiger charge is 2.22. The lowest BCUT2D eigenvalue weighted by Gasteiger charge is -2.02. The van der Waals surface area contributed by atoms with Gasteiger partial charge in [-0.2, -0.15) is 0 Å². The van der Waals surface area contributed by atoms with Crippen molar-refractivity contribution in [2.24, 2.45) is 0 Å². The van der Waals surface area contributed by atoms with Crippen molar-refractivity contribution in [2.75, 3.05) is 7.11 Å². The Morgan fingerprint density at radius 2 is 1.76 bits per heavy atom. The Balaban J connectivity index is 1.58. The predicted molar refractivity (Wildman–Crippen MR) is 90.1 cm³/mol. The average molecular weight is 337 g/mol. The molecule has 0 radical (unpaired) electrons. The van der Waals surface area contributed by atoms with E-state index < -0.39 is 5.97 Å². The number of hydrogen-bond donors (Lipinski definition) is 0. The van der Waals surface area contributed by atoms with E-state index in [9.17, 15) is 4.79 Å². The second-order valence-electron chi connectivity index (χ2n) is 5.49. The molecule has 126 valence electrons. The smallest absolute Gasteiger partial charge is 0.375 e.